The molecular weight excluding hydrogens is 409 g/mol. The SMILES string of the molecule is O=C(O)c1ccccc1CSc1c(Cl)c(Cl)c(Cl)c(Cl)c1Cl. The van der Waals surface area contributed by atoms with Crippen LogP contribution in [-0.2, 0) is 5.75 Å². The summed E-state index contributed by atoms with van der Waals surface area (Å²) in [5, 5.41) is 9.89. The number of carboxylic acid groups (broad SMARTS) is 1. The highest BCUT2D eigenvalue weighted by Gasteiger charge is 2.20. The molecule has 2 nitrogen and oxygen atoms in total. The zero-order valence-electron chi connectivity index (χ0n) is 10.7. The van der Waals surface area contributed by atoms with Crippen LogP contribution in [0.2, 0.25) is 25.1 Å². The molecule has 0 amide bonds. The van der Waals surface area contributed by atoms with Gasteiger partial charge in [0.15, 0.2) is 0 Å². The highest BCUT2D eigenvalue weighted by Crippen LogP contribution is 2.48. The van der Waals surface area contributed by atoms with E-state index in [1.807, 2.05) is 0 Å². The predicted octanol–water partition coefficient (Wildman–Crippen LogP) is 6.94. The molecule has 0 saturated carbocycles. The van der Waals surface area contributed by atoms with E-state index in [0.29, 0.717) is 16.2 Å². The van der Waals surface area contributed by atoms with Crippen molar-refractivity contribution >= 4 is 75.7 Å². The van der Waals surface area contributed by atoms with Crippen molar-refractivity contribution < 1.29 is 9.90 Å². The Morgan fingerprint density at radius 2 is 1.41 bits per heavy atom. The molecule has 0 aliphatic heterocycles. The lowest BCUT2D eigenvalue weighted by Crippen LogP contribution is -2.01. The van der Waals surface area contributed by atoms with Crippen LogP contribution in [0.1, 0.15) is 15.9 Å². The number of halogens is 5. The number of benzene rings is 2. The highest BCUT2D eigenvalue weighted by molar-refractivity contribution is 7.98. The lowest BCUT2D eigenvalue weighted by atomic mass is 10.1. The van der Waals surface area contributed by atoms with Crippen molar-refractivity contribution in [2.75, 3.05) is 0 Å². The molecule has 116 valence electrons. The molecule has 0 aromatic heterocycles. The Hall–Kier alpha value is -0.290. The Morgan fingerprint density at radius 3 is 1.95 bits per heavy atom. The van der Waals surface area contributed by atoms with Gasteiger partial charge < -0.3 is 5.11 Å². The zero-order chi connectivity index (χ0) is 16.4. The Balaban J connectivity index is 2.36. The second-order valence-electron chi connectivity index (χ2n) is 4.15. The highest BCUT2D eigenvalue weighted by atomic mass is 35.5. The first kappa shape index (κ1) is 18.1. The fraction of sp³-hybridized carbons (Fsp3) is 0.0714. The van der Waals surface area contributed by atoms with E-state index >= 15 is 0 Å². The molecule has 0 unspecified atom stereocenters. The van der Waals surface area contributed by atoms with Crippen molar-refractivity contribution in [2.45, 2.75) is 10.6 Å². The summed E-state index contributed by atoms with van der Waals surface area (Å²) in [4.78, 5) is 11.7. The van der Waals surface area contributed by atoms with Gasteiger partial charge in [0.2, 0.25) is 0 Å². The van der Waals surface area contributed by atoms with E-state index in [1.54, 1.807) is 18.2 Å². The lowest BCUT2D eigenvalue weighted by Gasteiger charge is -2.12. The van der Waals surface area contributed by atoms with E-state index < -0.39 is 5.97 Å². The smallest absolute Gasteiger partial charge is 0.335 e. The average molecular weight is 417 g/mol. The molecule has 0 bridgehead atoms. The molecule has 1 N–H and O–H groups in total. The van der Waals surface area contributed by atoms with Crippen LogP contribution in [0.25, 0.3) is 0 Å². The fourth-order valence-electron chi connectivity index (χ4n) is 1.72. The van der Waals surface area contributed by atoms with Crippen LogP contribution in [0.3, 0.4) is 0 Å². The number of aromatic carboxylic acids is 1. The van der Waals surface area contributed by atoms with E-state index in [4.69, 9.17) is 58.0 Å². The Morgan fingerprint density at radius 1 is 0.909 bits per heavy atom. The third-order valence-electron chi connectivity index (χ3n) is 2.79. The molecule has 22 heavy (non-hydrogen) atoms. The first-order chi connectivity index (χ1) is 10.3. The maximum absolute atomic E-state index is 11.2. The van der Waals surface area contributed by atoms with Crippen LogP contribution in [-0.4, -0.2) is 11.1 Å². The zero-order valence-corrected chi connectivity index (χ0v) is 15.3. The van der Waals surface area contributed by atoms with Gasteiger partial charge in [-0.15, -0.1) is 11.8 Å². The predicted molar refractivity (Wildman–Crippen MR) is 94.5 cm³/mol. The van der Waals surface area contributed by atoms with Crippen LogP contribution in [0.15, 0.2) is 29.2 Å². The molecule has 2 rings (SSSR count). The number of carboxylic acids is 1. The molecule has 0 heterocycles. The number of hydrogen-bond donors (Lipinski definition) is 1. The summed E-state index contributed by atoms with van der Waals surface area (Å²) >= 11 is 31.5. The quantitative estimate of drug-likeness (QED) is 0.333. The molecule has 0 spiro atoms. The first-order valence-electron chi connectivity index (χ1n) is 5.80. The minimum atomic E-state index is -0.999. The summed E-state index contributed by atoms with van der Waals surface area (Å²) in [6.07, 6.45) is 0. The molecule has 0 aliphatic carbocycles. The largest absolute Gasteiger partial charge is 0.478 e. The van der Waals surface area contributed by atoms with Gasteiger partial charge >= 0.3 is 5.97 Å². The third kappa shape index (κ3) is 3.61. The summed E-state index contributed by atoms with van der Waals surface area (Å²) in [6, 6.07) is 6.67. The molecule has 2 aromatic carbocycles. The van der Waals surface area contributed by atoms with Gasteiger partial charge in [-0.2, -0.15) is 0 Å². The van der Waals surface area contributed by atoms with Crippen molar-refractivity contribution in [1.82, 2.24) is 0 Å². The third-order valence-corrected chi connectivity index (χ3v) is 6.44. The number of thioether (sulfide) groups is 1. The summed E-state index contributed by atoms with van der Waals surface area (Å²) in [5.41, 5.74) is 0.850. The second kappa shape index (κ2) is 7.52. The molecule has 0 fully saturated rings. The van der Waals surface area contributed by atoms with Gasteiger partial charge in [-0.25, -0.2) is 4.79 Å². The minimum Gasteiger partial charge on any atom is -0.478 e. The summed E-state index contributed by atoms with van der Waals surface area (Å²) in [6.45, 7) is 0. The van der Waals surface area contributed by atoms with E-state index in [9.17, 15) is 9.90 Å². The Bertz CT molecular complexity index is 719. The molecule has 0 saturated heterocycles. The second-order valence-corrected chi connectivity index (χ2v) is 7.03. The van der Waals surface area contributed by atoms with Gasteiger partial charge in [-0.05, 0) is 11.6 Å². The fourth-order valence-corrected chi connectivity index (χ4v) is 4.30. The maximum Gasteiger partial charge on any atom is 0.335 e. The molecule has 0 aliphatic rings. The van der Waals surface area contributed by atoms with E-state index in [-0.39, 0.29) is 30.7 Å². The van der Waals surface area contributed by atoms with Crippen LogP contribution >= 0.6 is 69.8 Å². The number of hydrogen-bond acceptors (Lipinski definition) is 2. The van der Waals surface area contributed by atoms with Gasteiger partial charge in [-0.1, -0.05) is 76.2 Å². The maximum atomic E-state index is 11.2. The Labute approximate surface area is 156 Å². The van der Waals surface area contributed by atoms with Gasteiger partial charge in [0.05, 0.1) is 30.7 Å². The minimum absolute atomic E-state index is 0.0913. The van der Waals surface area contributed by atoms with Crippen molar-refractivity contribution in [3.8, 4) is 0 Å². The van der Waals surface area contributed by atoms with Crippen molar-refractivity contribution in [2.24, 2.45) is 0 Å². The van der Waals surface area contributed by atoms with Gasteiger partial charge in [0.1, 0.15) is 0 Å². The molecule has 0 atom stereocenters. The standard InChI is InChI=1S/C14H7Cl5O2S/c15-8-9(16)11(18)13(12(19)10(8)17)22-5-6-3-1-2-4-7(6)14(20)21/h1-4H,5H2,(H,20,21). The van der Waals surface area contributed by atoms with Crippen LogP contribution in [0.4, 0.5) is 0 Å². The van der Waals surface area contributed by atoms with E-state index in [1.165, 1.54) is 17.8 Å². The monoisotopic (exact) mass is 414 g/mol. The number of rotatable bonds is 4. The molecule has 0 radical (unpaired) electrons. The topological polar surface area (TPSA) is 37.3 Å². The average Bonchev–Trinajstić information content (AvgIpc) is 2.51. The first-order valence-corrected chi connectivity index (χ1v) is 8.67. The number of carbonyl (C=O) groups is 1. The van der Waals surface area contributed by atoms with Crippen LogP contribution in [0.5, 0.6) is 0 Å². The summed E-state index contributed by atoms with van der Waals surface area (Å²) in [7, 11) is 0. The molecular formula is C14H7Cl5O2S. The summed E-state index contributed by atoms with van der Waals surface area (Å²) in [5.74, 6) is -0.656. The molecule has 2 aromatic rings. The van der Waals surface area contributed by atoms with Crippen molar-refractivity contribution in [3.05, 3.63) is 60.5 Å². The normalized spacial score (nSPS) is 10.8. The van der Waals surface area contributed by atoms with Gasteiger partial charge in [0, 0.05) is 10.6 Å². The summed E-state index contributed by atoms with van der Waals surface area (Å²) < 4.78 is 0. The molecule has 8 heteroatoms. The van der Waals surface area contributed by atoms with E-state index in [2.05, 4.69) is 0 Å². The van der Waals surface area contributed by atoms with Crippen molar-refractivity contribution in [1.29, 1.82) is 0 Å². The van der Waals surface area contributed by atoms with Crippen LogP contribution in [0, 0.1) is 0 Å². The van der Waals surface area contributed by atoms with Crippen molar-refractivity contribution in [3.63, 3.8) is 0 Å². The van der Waals surface area contributed by atoms with Gasteiger partial charge in [-0.3, -0.25) is 0 Å². The van der Waals surface area contributed by atoms with Gasteiger partial charge in [0.25, 0.3) is 0 Å². The lowest BCUT2D eigenvalue weighted by molar-refractivity contribution is 0.0696. The van der Waals surface area contributed by atoms with Crippen LogP contribution < -0.4 is 0 Å². The van der Waals surface area contributed by atoms with E-state index in [0.717, 1.165) is 0 Å². The Kier molecular flexibility index (Phi) is 6.17.